The lowest BCUT2D eigenvalue weighted by Crippen LogP contribution is -2.48. The molecule has 2 fully saturated rings. The highest BCUT2D eigenvalue weighted by atomic mass is 16.5. The largest absolute Gasteiger partial charge is 0.381 e. The van der Waals surface area contributed by atoms with Gasteiger partial charge in [-0.25, -0.2) is 0 Å². The lowest BCUT2D eigenvalue weighted by Gasteiger charge is -2.47. The van der Waals surface area contributed by atoms with Gasteiger partial charge >= 0.3 is 0 Å². The number of nitrogens with one attached hydrogen (secondary N) is 1. The Kier molecular flexibility index (Phi) is 3.40. The van der Waals surface area contributed by atoms with Gasteiger partial charge < -0.3 is 10.1 Å². The molecule has 3 rings (SSSR count). The number of hydrogen-bond acceptors (Lipinski definition) is 2. The second-order valence-electron chi connectivity index (χ2n) is 5.94. The summed E-state index contributed by atoms with van der Waals surface area (Å²) < 4.78 is 5.81. The van der Waals surface area contributed by atoms with E-state index in [-0.39, 0.29) is 0 Å². The van der Waals surface area contributed by atoms with Crippen LogP contribution in [0.5, 0.6) is 0 Å². The van der Waals surface area contributed by atoms with E-state index in [1.807, 2.05) is 0 Å². The van der Waals surface area contributed by atoms with Gasteiger partial charge in [-0.05, 0) is 38.3 Å². The minimum Gasteiger partial charge on any atom is -0.381 e. The molecule has 2 saturated heterocycles. The summed E-state index contributed by atoms with van der Waals surface area (Å²) in [6, 6.07) is 9.09. The molecule has 0 saturated carbocycles. The molecule has 2 aliphatic rings. The predicted molar refractivity (Wildman–Crippen MR) is 73.9 cm³/mol. The van der Waals surface area contributed by atoms with Gasteiger partial charge in [0.05, 0.1) is 6.61 Å². The van der Waals surface area contributed by atoms with E-state index in [2.05, 4.69) is 36.5 Å². The molecule has 1 N–H and O–H groups in total. The molecular formula is C16H23NO. The van der Waals surface area contributed by atoms with Gasteiger partial charge in [0.25, 0.3) is 0 Å². The van der Waals surface area contributed by atoms with Crippen LogP contribution in [0.3, 0.4) is 0 Å². The van der Waals surface area contributed by atoms with Crippen LogP contribution in [-0.2, 0) is 4.74 Å². The van der Waals surface area contributed by atoms with E-state index >= 15 is 0 Å². The minimum atomic E-state index is 0.388. The molecule has 2 nitrogen and oxygen atoms in total. The topological polar surface area (TPSA) is 21.3 Å². The molecule has 0 aliphatic carbocycles. The van der Waals surface area contributed by atoms with Gasteiger partial charge in [-0.2, -0.15) is 0 Å². The quantitative estimate of drug-likeness (QED) is 0.821. The number of piperidine rings is 1. The first-order chi connectivity index (χ1) is 8.80. The predicted octanol–water partition coefficient (Wildman–Crippen LogP) is 2.87. The molecule has 2 heteroatoms. The van der Waals surface area contributed by atoms with Crippen LogP contribution in [-0.4, -0.2) is 26.3 Å². The van der Waals surface area contributed by atoms with Gasteiger partial charge in [-0.15, -0.1) is 0 Å². The average molecular weight is 245 g/mol. The van der Waals surface area contributed by atoms with Gasteiger partial charge in [-0.1, -0.05) is 29.8 Å². The van der Waals surface area contributed by atoms with Crippen molar-refractivity contribution in [2.75, 3.05) is 26.3 Å². The van der Waals surface area contributed by atoms with Crippen molar-refractivity contribution < 1.29 is 4.74 Å². The Bertz CT molecular complexity index is 384. The van der Waals surface area contributed by atoms with Crippen molar-refractivity contribution in [3.63, 3.8) is 0 Å². The number of hydrogen-bond donors (Lipinski definition) is 1. The van der Waals surface area contributed by atoms with Crippen LogP contribution in [0.4, 0.5) is 0 Å². The SMILES string of the molecule is Cc1ccc(C2CNCCC23CCCOC3)cc1. The third kappa shape index (κ3) is 2.19. The zero-order valence-corrected chi connectivity index (χ0v) is 11.2. The standard InChI is InChI=1S/C16H23NO/c1-13-3-5-14(6-4-13)15-11-17-9-8-16(15)7-2-10-18-12-16/h3-6,15,17H,2,7-12H2,1H3. The summed E-state index contributed by atoms with van der Waals surface area (Å²) in [6.45, 7) is 6.31. The number of aryl methyl sites for hydroxylation is 1. The fourth-order valence-corrected chi connectivity index (χ4v) is 3.59. The van der Waals surface area contributed by atoms with Crippen molar-refractivity contribution in [2.45, 2.75) is 32.1 Å². The fourth-order valence-electron chi connectivity index (χ4n) is 3.59. The van der Waals surface area contributed by atoms with Crippen LogP contribution in [0.2, 0.25) is 0 Å². The molecule has 1 spiro atoms. The second kappa shape index (κ2) is 5.02. The first-order valence-corrected chi connectivity index (χ1v) is 7.15. The molecule has 98 valence electrons. The zero-order chi connectivity index (χ0) is 12.4. The summed E-state index contributed by atoms with van der Waals surface area (Å²) in [6.07, 6.45) is 3.81. The highest BCUT2D eigenvalue weighted by Crippen LogP contribution is 2.46. The van der Waals surface area contributed by atoms with Crippen molar-refractivity contribution in [3.8, 4) is 0 Å². The molecule has 2 unspecified atom stereocenters. The Labute approximate surface area is 110 Å². The summed E-state index contributed by atoms with van der Waals surface area (Å²) in [7, 11) is 0. The maximum atomic E-state index is 5.81. The Hall–Kier alpha value is -0.860. The highest BCUT2D eigenvalue weighted by Gasteiger charge is 2.42. The van der Waals surface area contributed by atoms with E-state index in [0.717, 1.165) is 26.3 Å². The maximum Gasteiger partial charge on any atom is 0.0529 e. The Morgan fingerprint density at radius 3 is 2.78 bits per heavy atom. The molecule has 0 aromatic heterocycles. The second-order valence-corrected chi connectivity index (χ2v) is 5.94. The van der Waals surface area contributed by atoms with Gasteiger partial charge in [-0.3, -0.25) is 0 Å². The third-order valence-electron chi connectivity index (χ3n) is 4.72. The lowest BCUT2D eigenvalue weighted by molar-refractivity contribution is -0.0369. The van der Waals surface area contributed by atoms with E-state index in [0.29, 0.717) is 11.3 Å². The molecule has 18 heavy (non-hydrogen) atoms. The zero-order valence-electron chi connectivity index (χ0n) is 11.2. The maximum absolute atomic E-state index is 5.81. The van der Waals surface area contributed by atoms with Crippen molar-refractivity contribution in [3.05, 3.63) is 35.4 Å². The van der Waals surface area contributed by atoms with E-state index in [1.165, 1.54) is 30.4 Å². The Balaban J connectivity index is 1.89. The van der Waals surface area contributed by atoms with Gasteiger partial charge in [0.2, 0.25) is 0 Å². The molecule has 0 amide bonds. The number of ether oxygens (including phenoxy) is 1. The van der Waals surface area contributed by atoms with E-state index in [1.54, 1.807) is 0 Å². The molecule has 0 radical (unpaired) electrons. The van der Waals surface area contributed by atoms with Crippen LogP contribution >= 0.6 is 0 Å². The summed E-state index contributed by atoms with van der Waals surface area (Å²) in [4.78, 5) is 0. The first kappa shape index (κ1) is 12.2. The molecular weight excluding hydrogens is 222 g/mol. The smallest absolute Gasteiger partial charge is 0.0529 e. The molecule has 1 aromatic carbocycles. The monoisotopic (exact) mass is 245 g/mol. The number of rotatable bonds is 1. The average Bonchev–Trinajstić information content (AvgIpc) is 2.42. The lowest BCUT2D eigenvalue weighted by atomic mass is 9.65. The van der Waals surface area contributed by atoms with Crippen molar-refractivity contribution >= 4 is 0 Å². The van der Waals surface area contributed by atoms with E-state index < -0.39 is 0 Å². The summed E-state index contributed by atoms with van der Waals surface area (Å²) in [5, 5.41) is 3.56. The molecule has 2 heterocycles. The molecule has 0 bridgehead atoms. The summed E-state index contributed by atoms with van der Waals surface area (Å²) >= 11 is 0. The third-order valence-corrected chi connectivity index (χ3v) is 4.72. The first-order valence-electron chi connectivity index (χ1n) is 7.15. The van der Waals surface area contributed by atoms with Crippen LogP contribution in [0.1, 0.15) is 36.3 Å². The van der Waals surface area contributed by atoms with Crippen LogP contribution in [0.15, 0.2) is 24.3 Å². The summed E-state index contributed by atoms with van der Waals surface area (Å²) in [5.41, 5.74) is 3.22. The number of benzene rings is 1. The normalized spacial score (nSPS) is 32.6. The van der Waals surface area contributed by atoms with Crippen molar-refractivity contribution in [2.24, 2.45) is 5.41 Å². The van der Waals surface area contributed by atoms with E-state index in [4.69, 9.17) is 4.74 Å². The van der Waals surface area contributed by atoms with Gasteiger partial charge in [0.15, 0.2) is 0 Å². The van der Waals surface area contributed by atoms with Crippen molar-refractivity contribution in [1.82, 2.24) is 5.32 Å². The molecule has 2 atom stereocenters. The minimum absolute atomic E-state index is 0.388. The van der Waals surface area contributed by atoms with Crippen LogP contribution in [0, 0.1) is 12.3 Å². The Morgan fingerprint density at radius 1 is 1.22 bits per heavy atom. The molecule has 2 aliphatic heterocycles. The summed E-state index contributed by atoms with van der Waals surface area (Å²) in [5.74, 6) is 0.618. The van der Waals surface area contributed by atoms with Gasteiger partial charge in [0.1, 0.15) is 0 Å². The Morgan fingerprint density at radius 2 is 2.06 bits per heavy atom. The fraction of sp³-hybridized carbons (Fsp3) is 0.625. The van der Waals surface area contributed by atoms with Crippen LogP contribution < -0.4 is 5.32 Å². The highest BCUT2D eigenvalue weighted by molar-refractivity contribution is 5.27. The van der Waals surface area contributed by atoms with Crippen molar-refractivity contribution in [1.29, 1.82) is 0 Å². The van der Waals surface area contributed by atoms with Gasteiger partial charge in [0, 0.05) is 24.5 Å². The molecule has 1 aromatic rings. The van der Waals surface area contributed by atoms with Crippen LogP contribution in [0.25, 0.3) is 0 Å². The van der Waals surface area contributed by atoms with E-state index in [9.17, 15) is 0 Å².